The van der Waals surface area contributed by atoms with Crippen molar-refractivity contribution < 1.29 is 14.3 Å². The summed E-state index contributed by atoms with van der Waals surface area (Å²) < 4.78 is 6.48. The molecule has 0 aromatic rings. The van der Waals surface area contributed by atoms with Crippen LogP contribution in [0, 0.1) is 35.5 Å². The van der Waals surface area contributed by atoms with Crippen LogP contribution in [0.25, 0.3) is 0 Å². The van der Waals surface area contributed by atoms with E-state index in [0.717, 1.165) is 35.5 Å². The van der Waals surface area contributed by atoms with E-state index in [0.29, 0.717) is 4.75 Å². The molecule has 0 spiro atoms. The fraction of sp³-hybridized carbons (Fsp3) is 0.862. The molecule has 1 heterocycles. The van der Waals surface area contributed by atoms with Crippen LogP contribution in [-0.2, 0) is 14.3 Å². The van der Waals surface area contributed by atoms with E-state index < -0.39 is 0 Å². The Labute approximate surface area is 219 Å². The third-order valence-corrected chi connectivity index (χ3v) is 14.0. The lowest BCUT2D eigenvalue weighted by atomic mass is 9.56. The maximum atomic E-state index is 13.3. The minimum atomic E-state index is -0.345. The van der Waals surface area contributed by atoms with Crippen LogP contribution in [0.15, 0.2) is 12.2 Å². The van der Waals surface area contributed by atoms with E-state index in [4.69, 9.17) is 4.74 Å². The first-order valence-corrected chi connectivity index (χ1v) is 16.0. The van der Waals surface area contributed by atoms with Crippen molar-refractivity contribution in [2.45, 2.75) is 117 Å². The van der Waals surface area contributed by atoms with Gasteiger partial charge in [-0.15, -0.1) is 23.5 Å². The summed E-state index contributed by atoms with van der Waals surface area (Å²) >= 11 is 4.12. The van der Waals surface area contributed by atoms with E-state index >= 15 is 0 Å². The third-order valence-electron chi connectivity index (χ3n) is 10.7. The normalized spacial score (nSPS) is 51.1. The number of hydrogen-bond acceptors (Lipinski definition) is 5. The van der Waals surface area contributed by atoms with Gasteiger partial charge in [0, 0.05) is 23.3 Å². The number of esters is 1. The van der Waals surface area contributed by atoms with Gasteiger partial charge in [0.05, 0.1) is 5.37 Å². The topological polar surface area (TPSA) is 46.6 Å². The number of carbonyl (C=O) groups is 2. The van der Waals surface area contributed by atoms with Gasteiger partial charge >= 0.3 is 5.97 Å². The van der Waals surface area contributed by atoms with Crippen molar-refractivity contribution in [1.29, 1.82) is 0 Å². The first-order chi connectivity index (χ1) is 16.8. The molecular weight excluding hydrogens is 474 g/mol. The van der Waals surface area contributed by atoms with Crippen molar-refractivity contribution in [1.82, 2.24) is 4.90 Å². The van der Waals surface area contributed by atoms with Crippen LogP contribution in [0.4, 0.5) is 0 Å². The highest BCUT2D eigenvalue weighted by Crippen LogP contribution is 2.64. The van der Waals surface area contributed by atoms with Crippen molar-refractivity contribution in [3.8, 4) is 0 Å². The molecule has 35 heavy (non-hydrogen) atoms. The van der Waals surface area contributed by atoms with Crippen molar-refractivity contribution in [3.05, 3.63) is 12.2 Å². The fourth-order valence-electron chi connectivity index (χ4n) is 10.4. The molecule has 0 saturated heterocycles. The van der Waals surface area contributed by atoms with Crippen LogP contribution in [0.2, 0.25) is 0 Å². The molecule has 4 nitrogen and oxygen atoms in total. The highest BCUT2D eigenvalue weighted by molar-refractivity contribution is 8.02. The second-order valence-electron chi connectivity index (χ2n) is 13.6. The van der Waals surface area contributed by atoms with Crippen molar-refractivity contribution in [3.63, 3.8) is 0 Å². The van der Waals surface area contributed by atoms with Crippen LogP contribution < -0.4 is 0 Å². The molecule has 9 rings (SSSR count). The molecule has 9 aliphatic rings. The summed E-state index contributed by atoms with van der Waals surface area (Å²) in [4.78, 5) is 27.6. The Balaban J connectivity index is 1.18. The predicted octanol–water partition coefficient (Wildman–Crippen LogP) is 6.39. The number of nitrogens with zero attached hydrogens (tertiary/aromatic N) is 1. The molecule has 1 aliphatic heterocycles. The molecular formula is C29H41NO3S2. The highest BCUT2D eigenvalue weighted by atomic mass is 32.2. The first kappa shape index (κ1) is 23.5. The summed E-state index contributed by atoms with van der Waals surface area (Å²) in [5.41, 5.74) is 0. The van der Waals surface area contributed by atoms with Gasteiger partial charge in [0.15, 0.2) is 0 Å². The number of amides is 1. The van der Waals surface area contributed by atoms with E-state index in [1.807, 2.05) is 11.8 Å². The van der Waals surface area contributed by atoms with Crippen LogP contribution in [0.5, 0.6) is 0 Å². The van der Waals surface area contributed by atoms with Gasteiger partial charge in [0.2, 0.25) is 5.91 Å². The number of rotatable bonds is 5. The van der Waals surface area contributed by atoms with Crippen molar-refractivity contribution in [2.24, 2.45) is 35.5 Å². The van der Waals surface area contributed by atoms with Gasteiger partial charge < -0.3 is 9.64 Å². The minimum absolute atomic E-state index is 0.0574. The van der Waals surface area contributed by atoms with E-state index in [9.17, 15) is 9.59 Å². The number of thioether (sulfide) groups is 2. The molecule has 192 valence electrons. The zero-order chi connectivity index (χ0) is 23.9. The Morgan fingerprint density at radius 1 is 0.714 bits per heavy atom. The Morgan fingerprint density at radius 2 is 1.14 bits per heavy atom. The van der Waals surface area contributed by atoms with Crippen LogP contribution in [0.1, 0.15) is 90.9 Å². The fourth-order valence-corrected chi connectivity index (χ4v) is 14.8. The van der Waals surface area contributed by atoms with Gasteiger partial charge in [0.1, 0.15) is 11.5 Å². The maximum absolute atomic E-state index is 13.3. The Hall–Kier alpha value is -0.620. The highest BCUT2D eigenvalue weighted by Gasteiger charge is 2.56. The Kier molecular flexibility index (Phi) is 5.67. The Morgan fingerprint density at radius 3 is 1.54 bits per heavy atom. The molecule has 1 amide bonds. The summed E-state index contributed by atoms with van der Waals surface area (Å²) in [6, 6.07) is 0. The molecule has 0 N–H and O–H groups in total. The lowest BCUT2D eigenvalue weighted by Crippen LogP contribution is -2.57. The average molecular weight is 516 g/mol. The van der Waals surface area contributed by atoms with Crippen LogP contribution in [-0.4, -0.2) is 43.1 Å². The summed E-state index contributed by atoms with van der Waals surface area (Å²) in [7, 11) is 0. The molecule has 0 unspecified atom stereocenters. The monoisotopic (exact) mass is 515 g/mol. The van der Waals surface area contributed by atoms with Crippen molar-refractivity contribution in [2.75, 3.05) is 0 Å². The molecule has 8 aliphatic carbocycles. The molecule has 8 bridgehead atoms. The minimum Gasteiger partial charge on any atom is -0.455 e. The quantitative estimate of drug-likeness (QED) is 0.313. The molecule has 0 aromatic carbocycles. The molecule has 8 saturated carbocycles. The third kappa shape index (κ3) is 4.21. The SMILES string of the molecule is CC(=O)O[C@@H]1C=C[C@H](SC23CC4CC(CC(C4)C2)C3)N(C(C)=O)[C@H]1SC12CC3CC(CC(C3)C1)C2. The van der Waals surface area contributed by atoms with Crippen LogP contribution in [0.3, 0.4) is 0 Å². The summed E-state index contributed by atoms with van der Waals surface area (Å²) in [6.07, 6.45) is 20.4. The largest absolute Gasteiger partial charge is 0.455 e. The number of hydrogen-bond donors (Lipinski definition) is 0. The van der Waals surface area contributed by atoms with E-state index in [-0.39, 0.29) is 33.5 Å². The zero-order valence-corrected chi connectivity index (χ0v) is 23.0. The van der Waals surface area contributed by atoms with Crippen molar-refractivity contribution >= 4 is 35.4 Å². The smallest absolute Gasteiger partial charge is 0.303 e. The molecule has 3 atom stereocenters. The van der Waals surface area contributed by atoms with Gasteiger partial charge in [-0.3, -0.25) is 9.59 Å². The van der Waals surface area contributed by atoms with Gasteiger partial charge in [-0.2, -0.15) is 0 Å². The predicted molar refractivity (Wildman–Crippen MR) is 142 cm³/mol. The van der Waals surface area contributed by atoms with Crippen LogP contribution >= 0.6 is 23.5 Å². The molecule has 0 aromatic heterocycles. The van der Waals surface area contributed by atoms with Gasteiger partial charge in [0.25, 0.3) is 0 Å². The standard InChI is InChI=1S/C29H41NO3S2/c1-17(31)30-26(34-28-11-19-5-20(12-28)7-21(6-19)13-28)4-3-25(33-18(2)32)27(30)35-29-14-22-8-23(15-29)10-24(9-22)16-29/h3-4,19-27H,5-16H2,1-2H3/t19?,20?,21?,22?,23?,24?,25-,26+,27+,28?,29?/m1/s1. The second kappa shape index (κ2) is 8.44. The number of carbonyl (C=O) groups excluding carboxylic acids is 2. The second-order valence-corrected chi connectivity index (χ2v) is 16.8. The maximum Gasteiger partial charge on any atom is 0.303 e. The zero-order valence-electron chi connectivity index (χ0n) is 21.3. The molecule has 0 radical (unpaired) electrons. The van der Waals surface area contributed by atoms with Gasteiger partial charge in [-0.05, 0) is 119 Å². The van der Waals surface area contributed by atoms with E-state index in [1.165, 1.54) is 84.0 Å². The summed E-state index contributed by atoms with van der Waals surface area (Å²) in [6.45, 7) is 3.25. The summed E-state index contributed by atoms with van der Waals surface area (Å²) in [5.74, 6) is 5.19. The molecule has 8 fully saturated rings. The number of ether oxygens (including phenoxy) is 1. The van der Waals surface area contributed by atoms with Gasteiger partial charge in [-0.25, -0.2) is 0 Å². The Bertz CT molecular complexity index is 860. The lowest BCUT2D eigenvalue weighted by molar-refractivity contribution is -0.148. The summed E-state index contributed by atoms with van der Waals surface area (Å²) in [5, 5.41) is -0.0500. The lowest BCUT2D eigenvalue weighted by Gasteiger charge is -2.59. The molecule has 6 heteroatoms. The van der Waals surface area contributed by atoms with Gasteiger partial charge in [-0.1, -0.05) is 6.08 Å². The van der Waals surface area contributed by atoms with E-state index in [2.05, 4.69) is 28.8 Å². The first-order valence-electron chi connectivity index (χ1n) is 14.3. The van der Waals surface area contributed by atoms with E-state index in [1.54, 1.807) is 6.92 Å². The average Bonchev–Trinajstić information content (AvgIpc) is 2.72.